The smallest absolute Gasteiger partial charge is 0.223 e. The number of hydrogen-bond donors (Lipinski definition) is 0. The highest BCUT2D eigenvalue weighted by Gasteiger charge is 2.14. The summed E-state index contributed by atoms with van der Waals surface area (Å²) in [5.41, 5.74) is 1.82. The number of rotatable bonds is 1. The van der Waals surface area contributed by atoms with Crippen molar-refractivity contribution in [1.82, 2.24) is 19.5 Å². The van der Waals surface area contributed by atoms with E-state index in [9.17, 15) is 4.39 Å². The monoisotopic (exact) mass is 276 g/mol. The summed E-state index contributed by atoms with van der Waals surface area (Å²) in [7, 11) is 1.90. The first-order valence-corrected chi connectivity index (χ1v) is 6.05. The maximum Gasteiger partial charge on any atom is 0.223 e. The number of aryl methyl sites for hydroxylation is 2. The molecule has 3 aromatic rings. The van der Waals surface area contributed by atoms with Crippen molar-refractivity contribution < 1.29 is 4.39 Å². The molecule has 96 valence electrons. The minimum atomic E-state index is -0.471. The molecule has 0 saturated heterocycles. The van der Waals surface area contributed by atoms with Crippen molar-refractivity contribution in [2.45, 2.75) is 6.92 Å². The van der Waals surface area contributed by atoms with Crippen LogP contribution in [0, 0.1) is 12.7 Å². The summed E-state index contributed by atoms with van der Waals surface area (Å²) in [6.07, 6.45) is 3.49. The molecule has 0 saturated carbocycles. The molecule has 4 nitrogen and oxygen atoms in total. The molecule has 0 bridgehead atoms. The van der Waals surface area contributed by atoms with E-state index in [1.165, 1.54) is 0 Å². The fraction of sp³-hybridized carbons (Fsp3) is 0.154. The van der Waals surface area contributed by atoms with E-state index in [0.29, 0.717) is 5.56 Å². The van der Waals surface area contributed by atoms with Crippen LogP contribution in [0.2, 0.25) is 5.28 Å². The van der Waals surface area contributed by atoms with Gasteiger partial charge in [0, 0.05) is 30.4 Å². The first-order chi connectivity index (χ1) is 9.06. The number of nitrogens with zero attached hydrogens (tertiary/aromatic N) is 4. The Balaban J connectivity index is 2.24. The molecule has 0 atom stereocenters. The van der Waals surface area contributed by atoms with Crippen molar-refractivity contribution in [3.63, 3.8) is 0 Å². The van der Waals surface area contributed by atoms with Crippen molar-refractivity contribution in [2.24, 2.45) is 7.05 Å². The molecule has 0 aliphatic rings. The topological polar surface area (TPSA) is 43.6 Å². The average Bonchev–Trinajstić information content (AvgIpc) is 2.75. The van der Waals surface area contributed by atoms with Crippen LogP contribution < -0.4 is 0 Å². The van der Waals surface area contributed by atoms with Crippen LogP contribution in [0.4, 0.5) is 4.39 Å². The van der Waals surface area contributed by atoms with E-state index in [2.05, 4.69) is 15.0 Å². The Morgan fingerprint density at radius 2 is 2.11 bits per heavy atom. The van der Waals surface area contributed by atoms with E-state index in [0.717, 1.165) is 11.0 Å². The fourth-order valence-corrected chi connectivity index (χ4v) is 2.21. The highest BCUT2D eigenvalue weighted by molar-refractivity contribution is 6.28. The van der Waals surface area contributed by atoms with Crippen LogP contribution in [0.25, 0.3) is 22.3 Å². The largest absolute Gasteiger partial charge is 0.336 e. The van der Waals surface area contributed by atoms with Crippen molar-refractivity contribution in [2.75, 3.05) is 0 Å². The van der Waals surface area contributed by atoms with Gasteiger partial charge in [-0.25, -0.2) is 19.3 Å². The highest BCUT2D eigenvalue weighted by atomic mass is 35.5. The predicted molar refractivity (Wildman–Crippen MR) is 71.4 cm³/mol. The third-order valence-electron chi connectivity index (χ3n) is 2.97. The molecule has 3 rings (SSSR count). The van der Waals surface area contributed by atoms with Crippen molar-refractivity contribution in [3.8, 4) is 11.3 Å². The van der Waals surface area contributed by atoms with E-state index < -0.39 is 5.82 Å². The molecular weight excluding hydrogens is 267 g/mol. The maximum absolute atomic E-state index is 14.1. The minimum Gasteiger partial charge on any atom is -0.336 e. The van der Waals surface area contributed by atoms with Crippen LogP contribution in [0.5, 0.6) is 0 Å². The van der Waals surface area contributed by atoms with Crippen LogP contribution in [0.3, 0.4) is 0 Å². The summed E-state index contributed by atoms with van der Waals surface area (Å²) in [6, 6.07) is 3.75. The summed E-state index contributed by atoms with van der Waals surface area (Å²) >= 11 is 5.78. The Morgan fingerprint density at radius 1 is 1.32 bits per heavy atom. The number of hydrogen-bond acceptors (Lipinski definition) is 3. The SMILES string of the molecule is Cc1nc(Cl)nc(-c2cnc3c(ccn3C)c2)c1F. The summed E-state index contributed by atoms with van der Waals surface area (Å²) in [4.78, 5) is 12.0. The van der Waals surface area contributed by atoms with Gasteiger partial charge < -0.3 is 4.57 Å². The van der Waals surface area contributed by atoms with Gasteiger partial charge in [-0.05, 0) is 30.7 Å². The number of halogens is 2. The second-order valence-corrected chi connectivity index (χ2v) is 4.64. The second kappa shape index (κ2) is 4.28. The molecule has 6 heteroatoms. The lowest BCUT2D eigenvalue weighted by molar-refractivity contribution is 0.606. The van der Waals surface area contributed by atoms with E-state index in [-0.39, 0.29) is 16.7 Å². The summed E-state index contributed by atoms with van der Waals surface area (Å²) in [5.74, 6) is -0.471. The molecule has 3 heterocycles. The maximum atomic E-state index is 14.1. The second-order valence-electron chi connectivity index (χ2n) is 4.30. The molecule has 0 spiro atoms. The van der Waals surface area contributed by atoms with Gasteiger partial charge >= 0.3 is 0 Å². The molecule has 0 aliphatic carbocycles. The Bertz CT molecular complexity index is 782. The molecule has 0 fully saturated rings. The molecule has 0 N–H and O–H groups in total. The first kappa shape index (κ1) is 12.0. The standard InChI is InChI=1S/C13H10ClFN4/c1-7-10(15)11(18-13(14)17-7)9-5-8-3-4-19(2)12(8)16-6-9/h3-6H,1-2H3. The van der Waals surface area contributed by atoms with Crippen LogP contribution in [0.15, 0.2) is 24.5 Å². The van der Waals surface area contributed by atoms with Gasteiger partial charge in [0.05, 0.1) is 5.69 Å². The lowest BCUT2D eigenvalue weighted by atomic mass is 10.1. The molecule has 0 radical (unpaired) electrons. The summed E-state index contributed by atoms with van der Waals surface area (Å²) < 4.78 is 16.0. The third kappa shape index (κ3) is 1.96. The summed E-state index contributed by atoms with van der Waals surface area (Å²) in [6.45, 7) is 1.56. The highest BCUT2D eigenvalue weighted by Crippen LogP contribution is 2.25. The number of fused-ring (bicyclic) bond motifs is 1. The lowest BCUT2D eigenvalue weighted by Gasteiger charge is -2.05. The Hall–Kier alpha value is -2.01. The third-order valence-corrected chi connectivity index (χ3v) is 3.14. The van der Waals surface area contributed by atoms with Crippen LogP contribution in [-0.2, 0) is 7.05 Å². The van der Waals surface area contributed by atoms with Gasteiger partial charge in [0.1, 0.15) is 11.3 Å². The zero-order valence-electron chi connectivity index (χ0n) is 10.4. The Morgan fingerprint density at radius 3 is 2.89 bits per heavy atom. The molecule has 19 heavy (non-hydrogen) atoms. The minimum absolute atomic E-state index is 0.0297. The van der Waals surface area contributed by atoms with Gasteiger partial charge in [0.25, 0.3) is 0 Å². The fourth-order valence-electron chi connectivity index (χ4n) is 2.00. The van der Waals surface area contributed by atoms with E-state index in [1.807, 2.05) is 29.9 Å². The first-order valence-electron chi connectivity index (χ1n) is 5.67. The zero-order chi connectivity index (χ0) is 13.6. The molecule has 0 amide bonds. The van der Waals surface area contributed by atoms with E-state index >= 15 is 0 Å². The van der Waals surface area contributed by atoms with Crippen LogP contribution in [0.1, 0.15) is 5.69 Å². The van der Waals surface area contributed by atoms with Crippen molar-refractivity contribution in [3.05, 3.63) is 41.3 Å². The van der Waals surface area contributed by atoms with Gasteiger partial charge in [-0.2, -0.15) is 0 Å². The molecular formula is C13H10ClFN4. The number of aromatic nitrogens is 4. The van der Waals surface area contributed by atoms with Gasteiger partial charge in [-0.15, -0.1) is 0 Å². The lowest BCUT2D eigenvalue weighted by Crippen LogP contribution is -1.98. The molecule has 3 aromatic heterocycles. The van der Waals surface area contributed by atoms with Gasteiger partial charge in [-0.3, -0.25) is 0 Å². The van der Waals surface area contributed by atoms with E-state index in [1.54, 1.807) is 13.1 Å². The predicted octanol–water partition coefficient (Wildman–Crippen LogP) is 3.13. The Kier molecular flexibility index (Phi) is 2.71. The summed E-state index contributed by atoms with van der Waals surface area (Å²) in [5, 5.41) is 0.953. The van der Waals surface area contributed by atoms with Crippen LogP contribution >= 0.6 is 11.6 Å². The van der Waals surface area contributed by atoms with Crippen LogP contribution in [-0.4, -0.2) is 19.5 Å². The van der Waals surface area contributed by atoms with E-state index in [4.69, 9.17) is 11.6 Å². The Labute approximate surface area is 113 Å². The molecule has 0 aliphatic heterocycles. The zero-order valence-corrected chi connectivity index (χ0v) is 11.1. The van der Waals surface area contributed by atoms with Crippen molar-refractivity contribution in [1.29, 1.82) is 0 Å². The normalized spacial score (nSPS) is 11.2. The van der Waals surface area contributed by atoms with Gasteiger partial charge in [0.15, 0.2) is 5.82 Å². The molecule has 0 unspecified atom stereocenters. The quantitative estimate of drug-likeness (QED) is 0.641. The van der Waals surface area contributed by atoms with Crippen molar-refractivity contribution >= 4 is 22.6 Å². The van der Waals surface area contributed by atoms with Gasteiger partial charge in [-0.1, -0.05) is 0 Å². The van der Waals surface area contributed by atoms with Gasteiger partial charge in [0.2, 0.25) is 5.28 Å². The number of pyridine rings is 1. The molecule has 0 aromatic carbocycles. The average molecular weight is 277 g/mol.